The third kappa shape index (κ3) is 6.29. The van der Waals surface area contributed by atoms with Gasteiger partial charge in [0.25, 0.3) is 0 Å². The lowest BCUT2D eigenvalue weighted by Crippen LogP contribution is -2.24. The second kappa shape index (κ2) is 8.53. The number of rotatable bonds is 5. The van der Waals surface area contributed by atoms with Crippen LogP contribution in [0, 0.1) is 0 Å². The lowest BCUT2D eigenvalue weighted by atomic mass is 10.1. The Bertz CT molecular complexity index is 860. The second-order valence-corrected chi connectivity index (χ2v) is 5.99. The van der Waals surface area contributed by atoms with E-state index in [-0.39, 0.29) is 17.5 Å². The molecule has 4 nitrogen and oxygen atoms in total. The molecule has 0 saturated carbocycles. The molecule has 1 atom stereocenters. The van der Waals surface area contributed by atoms with Gasteiger partial charge in [-0.15, -0.1) is 0 Å². The van der Waals surface area contributed by atoms with Crippen LogP contribution in [0.3, 0.4) is 0 Å². The summed E-state index contributed by atoms with van der Waals surface area (Å²) in [6.45, 7) is 3.17. The van der Waals surface area contributed by atoms with Gasteiger partial charge in [-0.05, 0) is 48.4 Å². The average molecular weight is 376 g/mol. The molecule has 0 aliphatic heterocycles. The molecule has 2 N–H and O–H groups in total. The predicted octanol–water partition coefficient (Wildman–Crippen LogP) is 4.55. The van der Waals surface area contributed by atoms with Crippen LogP contribution in [0.15, 0.2) is 54.6 Å². The highest BCUT2D eigenvalue weighted by Gasteiger charge is 2.30. The number of anilines is 1. The van der Waals surface area contributed by atoms with Crippen molar-refractivity contribution in [2.45, 2.75) is 26.1 Å². The van der Waals surface area contributed by atoms with Crippen LogP contribution in [0.2, 0.25) is 0 Å². The Morgan fingerprint density at radius 1 is 1.07 bits per heavy atom. The van der Waals surface area contributed by atoms with E-state index in [1.54, 1.807) is 31.2 Å². The molecule has 1 unspecified atom stereocenters. The molecule has 2 aromatic rings. The van der Waals surface area contributed by atoms with Gasteiger partial charge in [0.1, 0.15) is 0 Å². The smallest absolute Gasteiger partial charge is 0.346 e. The molecule has 0 spiro atoms. The lowest BCUT2D eigenvalue weighted by molar-refractivity contribution is -0.137. The first kappa shape index (κ1) is 20.2. The minimum atomic E-state index is -4.43. The number of alkyl halides is 3. The van der Waals surface area contributed by atoms with Crippen molar-refractivity contribution in [1.82, 2.24) is 5.32 Å². The SMILES string of the molecule is CC(=O)Nc1cccc(C(C)NC(=O)/C=C/c2cccc(C(F)(F)F)c2)c1. The second-order valence-electron chi connectivity index (χ2n) is 5.99. The van der Waals surface area contributed by atoms with E-state index in [9.17, 15) is 22.8 Å². The Labute approximate surface area is 155 Å². The van der Waals surface area contributed by atoms with Crippen molar-refractivity contribution in [3.8, 4) is 0 Å². The number of halogens is 3. The van der Waals surface area contributed by atoms with Crippen LogP contribution in [0.4, 0.5) is 18.9 Å². The summed E-state index contributed by atoms with van der Waals surface area (Å²) in [5.74, 6) is -0.641. The molecule has 0 saturated heterocycles. The molecular weight excluding hydrogens is 357 g/mol. The lowest BCUT2D eigenvalue weighted by Gasteiger charge is -2.14. The molecule has 27 heavy (non-hydrogen) atoms. The van der Waals surface area contributed by atoms with Crippen LogP contribution in [0.1, 0.15) is 36.6 Å². The molecule has 0 aliphatic rings. The zero-order valence-electron chi connectivity index (χ0n) is 14.8. The van der Waals surface area contributed by atoms with E-state index in [0.29, 0.717) is 5.69 Å². The van der Waals surface area contributed by atoms with Gasteiger partial charge in [0.15, 0.2) is 0 Å². The summed E-state index contributed by atoms with van der Waals surface area (Å²) in [6, 6.07) is 11.4. The van der Waals surface area contributed by atoms with E-state index in [1.165, 1.54) is 31.2 Å². The van der Waals surface area contributed by atoms with Crippen molar-refractivity contribution in [2.75, 3.05) is 5.32 Å². The molecular formula is C20H19F3N2O2. The van der Waals surface area contributed by atoms with Crippen molar-refractivity contribution in [1.29, 1.82) is 0 Å². The van der Waals surface area contributed by atoms with Crippen LogP contribution in [0.25, 0.3) is 6.08 Å². The third-order valence-electron chi connectivity index (χ3n) is 3.71. The van der Waals surface area contributed by atoms with Gasteiger partial charge in [0, 0.05) is 18.7 Å². The van der Waals surface area contributed by atoms with Gasteiger partial charge >= 0.3 is 6.18 Å². The number of amides is 2. The summed E-state index contributed by atoms with van der Waals surface area (Å²) in [5, 5.41) is 5.39. The van der Waals surface area contributed by atoms with Gasteiger partial charge < -0.3 is 10.6 Å². The Morgan fingerprint density at radius 3 is 2.44 bits per heavy atom. The van der Waals surface area contributed by atoms with Crippen molar-refractivity contribution in [3.63, 3.8) is 0 Å². The number of benzene rings is 2. The minimum absolute atomic E-state index is 0.201. The topological polar surface area (TPSA) is 58.2 Å². The van der Waals surface area contributed by atoms with E-state index in [2.05, 4.69) is 10.6 Å². The summed E-state index contributed by atoms with van der Waals surface area (Å²) < 4.78 is 38.1. The Morgan fingerprint density at radius 2 is 1.78 bits per heavy atom. The average Bonchev–Trinajstić information content (AvgIpc) is 2.59. The number of carbonyl (C=O) groups is 2. The fraction of sp³-hybridized carbons (Fsp3) is 0.200. The maximum Gasteiger partial charge on any atom is 0.416 e. The molecule has 0 heterocycles. The number of carbonyl (C=O) groups excluding carboxylic acids is 2. The van der Waals surface area contributed by atoms with E-state index >= 15 is 0 Å². The van der Waals surface area contributed by atoms with Gasteiger partial charge in [0.2, 0.25) is 11.8 Å². The molecule has 7 heteroatoms. The van der Waals surface area contributed by atoms with Crippen LogP contribution in [-0.2, 0) is 15.8 Å². The molecule has 2 aromatic carbocycles. The maximum atomic E-state index is 12.7. The van der Waals surface area contributed by atoms with Gasteiger partial charge in [-0.2, -0.15) is 13.2 Å². The largest absolute Gasteiger partial charge is 0.416 e. The fourth-order valence-electron chi connectivity index (χ4n) is 2.42. The number of nitrogens with one attached hydrogen (secondary N) is 2. The summed E-state index contributed by atoms with van der Waals surface area (Å²) >= 11 is 0. The zero-order chi connectivity index (χ0) is 20.0. The summed E-state index contributed by atoms with van der Waals surface area (Å²) in [5.41, 5.74) is 0.899. The summed E-state index contributed by atoms with van der Waals surface area (Å²) in [6.07, 6.45) is -1.92. The first-order valence-corrected chi connectivity index (χ1v) is 8.18. The van der Waals surface area contributed by atoms with Crippen molar-refractivity contribution in [2.24, 2.45) is 0 Å². The number of hydrogen-bond donors (Lipinski definition) is 2. The maximum absolute atomic E-state index is 12.7. The highest BCUT2D eigenvalue weighted by molar-refractivity contribution is 5.92. The van der Waals surface area contributed by atoms with E-state index < -0.39 is 17.6 Å². The summed E-state index contributed by atoms with van der Waals surface area (Å²) in [4.78, 5) is 23.2. The molecule has 2 amide bonds. The molecule has 0 aliphatic carbocycles. The van der Waals surface area contributed by atoms with Crippen LogP contribution in [0.5, 0.6) is 0 Å². The van der Waals surface area contributed by atoms with E-state index in [0.717, 1.165) is 17.7 Å². The molecule has 0 bridgehead atoms. The number of hydrogen-bond acceptors (Lipinski definition) is 2. The Hall–Kier alpha value is -3.09. The highest BCUT2D eigenvalue weighted by Crippen LogP contribution is 2.29. The quantitative estimate of drug-likeness (QED) is 0.752. The molecule has 2 rings (SSSR count). The fourth-order valence-corrected chi connectivity index (χ4v) is 2.42. The minimum Gasteiger partial charge on any atom is -0.346 e. The normalized spacial score (nSPS) is 12.6. The van der Waals surface area contributed by atoms with Crippen molar-refractivity contribution in [3.05, 3.63) is 71.3 Å². The Balaban J connectivity index is 2.03. The van der Waals surface area contributed by atoms with Gasteiger partial charge in [-0.3, -0.25) is 9.59 Å². The first-order chi connectivity index (χ1) is 12.6. The van der Waals surface area contributed by atoms with Gasteiger partial charge in [-0.25, -0.2) is 0 Å². The van der Waals surface area contributed by atoms with Crippen molar-refractivity contribution >= 4 is 23.6 Å². The van der Waals surface area contributed by atoms with Crippen molar-refractivity contribution < 1.29 is 22.8 Å². The third-order valence-corrected chi connectivity index (χ3v) is 3.71. The molecule has 0 fully saturated rings. The van der Waals surface area contributed by atoms with Crippen LogP contribution in [-0.4, -0.2) is 11.8 Å². The molecule has 0 aromatic heterocycles. The van der Waals surface area contributed by atoms with Gasteiger partial charge in [0.05, 0.1) is 11.6 Å². The van der Waals surface area contributed by atoms with E-state index in [4.69, 9.17) is 0 Å². The highest BCUT2D eigenvalue weighted by atomic mass is 19.4. The first-order valence-electron chi connectivity index (χ1n) is 8.18. The standard InChI is InChI=1S/C20H19F3N2O2/c1-13(16-6-4-8-18(12-16)25-14(2)26)24-19(27)10-9-15-5-3-7-17(11-15)20(21,22)23/h3-13H,1-2H3,(H,24,27)(H,25,26)/b10-9+. The van der Waals surface area contributed by atoms with Gasteiger partial charge in [-0.1, -0.05) is 24.3 Å². The molecule has 142 valence electrons. The Kier molecular flexibility index (Phi) is 6.39. The monoisotopic (exact) mass is 376 g/mol. The molecule has 0 radical (unpaired) electrons. The predicted molar refractivity (Wildman–Crippen MR) is 97.8 cm³/mol. The van der Waals surface area contributed by atoms with Crippen LogP contribution < -0.4 is 10.6 Å². The zero-order valence-corrected chi connectivity index (χ0v) is 14.8. The summed E-state index contributed by atoms with van der Waals surface area (Å²) in [7, 11) is 0. The van der Waals surface area contributed by atoms with Crippen LogP contribution >= 0.6 is 0 Å². The van der Waals surface area contributed by atoms with E-state index in [1.807, 2.05) is 0 Å².